The Hall–Kier alpha value is -1.29. The molecule has 1 N–H and O–H groups in total. The minimum Gasteiger partial charge on any atom is -0.383 e. The van der Waals surface area contributed by atoms with Gasteiger partial charge in [-0.3, -0.25) is 0 Å². The molecular weight excluding hydrogens is 266 g/mol. The fourth-order valence-electron chi connectivity index (χ4n) is 2.04. The van der Waals surface area contributed by atoms with Crippen molar-refractivity contribution in [2.45, 2.75) is 10.9 Å². The highest BCUT2D eigenvalue weighted by Crippen LogP contribution is 2.17. The van der Waals surface area contributed by atoms with E-state index in [0.717, 1.165) is 12.3 Å². The Labute approximate surface area is 125 Å². The molecule has 0 aliphatic rings. The Morgan fingerprint density at radius 3 is 2.30 bits per heavy atom. The van der Waals surface area contributed by atoms with Crippen molar-refractivity contribution in [1.29, 1.82) is 0 Å². The minimum atomic E-state index is 0.262. The van der Waals surface area contributed by atoms with E-state index in [4.69, 9.17) is 4.74 Å². The van der Waals surface area contributed by atoms with Crippen LogP contribution in [0.2, 0.25) is 0 Å². The van der Waals surface area contributed by atoms with Crippen LogP contribution in [0, 0.1) is 0 Å². The average Bonchev–Trinajstić information content (AvgIpc) is 2.52. The number of thioether (sulfide) groups is 1. The van der Waals surface area contributed by atoms with Crippen molar-refractivity contribution in [3.63, 3.8) is 0 Å². The van der Waals surface area contributed by atoms with Gasteiger partial charge in [-0.2, -0.15) is 0 Å². The molecule has 0 radical (unpaired) electrons. The average molecular weight is 287 g/mol. The van der Waals surface area contributed by atoms with Crippen molar-refractivity contribution >= 4 is 11.8 Å². The van der Waals surface area contributed by atoms with Crippen LogP contribution in [0.3, 0.4) is 0 Å². The van der Waals surface area contributed by atoms with E-state index in [1.165, 1.54) is 10.5 Å². The third-order valence-electron chi connectivity index (χ3n) is 3.04. The molecule has 2 nitrogen and oxygen atoms in total. The third-order valence-corrected chi connectivity index (χ3v) is 4.05. The van der Waals surface area contributed by atoms with Crippen molar-refractivity contribution in [3.8, 4) is 0 Å². The van der Waals surface area contributed by atoms with Crippen LogP contribution in [0.15, 0.2) is 65.6 Å². The number of nitrogens with one attached hydrogen (secondary N) is 1. The van der Waals surface area contributed by atoms with Crippen molar-refractivity contribution in [1.82, 2.24) is 5.32 Å². The molecular formula is C17H21NOS. The summed E-state index contributed by atoms with van der Waals surface area (Å²) in [6, 6.07) is 21.2. The van der Waals surface area contributed by atoms with Crippen molar-refractivity contribution < 1.29 is 4.74 Å². The molecule has 0 bridgehead atoms. The molecule has 0 aromatic heterocycles. The van der Waals surface area contributed by atoms with Gasteiger partial charge in [0.15, 0.2) is 0 Å². The number of hydrogen-bond donors (Lipinski definition) is 1. The maximum absolute atomic E-state index is 5.30. The number of rotatable bonds is 8. The number of ether oxygens (including phenoxy) is 1. The first-order valence-corrected chi connectivity index (χ1v) is 7.84. The highest BCUT2D eigenvalue weighted by Gasteiger charge is 2.09. The summed E-state index contributed by atoms with van der Waals surface area (Å²) in [7, 11) is 1.75. The lowest BCUT2D eigenvalue weighted by Gasteiger charge is -2.18. The fraction of sp³-hybridized carbons (Fsp3) is 0.294. The van der Waals surface area contributed by atoms with E-state index in [1.807, 2.05) is 23.9 Å². The Morgan fingerprint density at radius 2 is 1.65 bits per heavy atom. The Morgan fingerprint density at radius 1 is 1.00 bits per heavy atom. The van der Waals surface area contributed by atoms with E-state index >= 15 is 0 Å². The molecule has 20 heavy (non-hydrogen) atoms. The molecule has 1 atom stereocenters. The van der Waals surface area contributed by atoms with Gasteiger partial charge in [0.25, 0.3) is 0 Å². The van der Waals surface area contributed by atoms with Crippen LogP contribution < -0.4 is 5.32 Å². The van der Waals surface area contributed by atoms with Gasteiger partial charge in [0.05, 0.1) is 12.6 Å². The molecule has 0 fully saturated rings. The van der Waals surface area contributed by atoms with Crippen LogP contribution >= 0.6 is 11.8 Å². The standard InChI is InChI=1S/C17H21NOS/c1-19-14-17(15-8-4-2-5-9-15)18-12-13-20-16-10-6-3-7-11-16/h2-11,17-18H,12-14H2,1H3. The molecule has 0 saturated heterocycles. The number of benzene rings is 2. The summed E-state index contributed by atoms with van der Waals surface area (Å²) in [4.78, 5) is 1.32. The van der Waals surface area contributed by atoms with Gasteiger partial charge in [0.1, 0.15) is 0 Å². The lowest BCUT2D eigenvalue weighted by molar-refractivity contribution is 0.168. The second-order valence-electron chi connectivity index (χ2n) is 4.53. The molecule has 2 rings (SSSR count). The first-order chi connectivity index (χ1) is 9.90. The molecule has 1 unspecified atom stereocenters. The predicted molar refractivity (Wildman–Crippen MR) is 86.2 cm³/mol. The molecule has 2 aromatic rings. The quantitative estimate of drug-likeness (QED) is 0.590. The van der Waals surface area contributed by atoms with E-state index in [2.05, 4.69) is 53.8 Å². The summed E-state index contributed by atoms with van der Waals surface area (Å²) in [6.07, 6.45) is 0. The van der Waals surface area contributed by atoms with E-state index in [9.17, 15) is 0 Å². The van der Waals surface area contributed by atoms with Crippen LogP contribution in [0.25, 0.3) is 0 Å². The van der Waals surface area contributed by atoms with E-state index in [1.54, 1.807) is 7.11 Å². The maximum Gasteiger partial charge on any atom is 0.0657 e. The normalized spacial score (nSPS) is 12.2. The number of hydrogen-bond acceptors (Lipinski definition) is 3. The lowest BCUT2D eigenvalue weighted by Crippen LogP contribution is -2.27. The summed E-state index contributed by atoms with van der Waals surface area (Å²) in [5.74, 6) is 1.05. The van der Waals surface area contributed by atoms with Gasteiger partial charge in [-0.25, -0.2) is 0 Å². The molecule has 0 aliphatic carbocycles. The maximum atomic E-state index is 5.30. The SMILES string of the molecule is COCC(NCCSc1ccccc1)c1ccccc1. The van der Waals surface area contributed by atoms with E-state index < -0.39 is 0 Å². The van der Waals surface area contributed by atoms with Gasteiger partial charge in [-0.15, -0.1) is 11.8 Å². The summed E-state index contributed by atoms with van der Waals surface area (Å²) in [6.45, 7) is 1.66. The monoisotopic (exact) mass is 287 g/mol. The second kappa shape index (κ2) is 8.80. The molecule has 106 valence electrons. The fourth-order valence-corrected chi connectivity index (χ4v) is 2.85. The Balaban J connectivity index is 1.78. The second-order valence-corrected chi connectivity index (χ2v) is 5.70. The molecule has 0 aliphatic heterocycles. The van der Waals surface area contributed by atoms with Gasteiger partial charge >= 0.3 is 0 Å². The largest absolute Gasteiger partial charge is 0.383 e. The molecule has 0 amide bonds. The van der Waals surface area contributed by atoms with Gasteiger partial charge in [-0.1, -0.05) is 48.5 Å². The predicted octanol–water partition coefficient (Wildman–Crippen LogP) is 3.76. The molecule has 0 spiro atoms. The minimum absolute atomic E-state index is 0.262. The smallest absolute Gasteiger partial charge is 0.0657 e. The van der Waals surface area contributed by atoms with E-state index in [0.29, 0.717) is 6.61 Å². The van der Waals surface area contributed by atoms with Crippen LogP contribution in [-0.4, -0.2) is 26.0 Å². The molecule has 2 aromatic carbocycles. The third kappa shape index (κ3) is 5.00. The van der Waals surface area contributed by atoms with Crippen LogP contribution in [0.5, 0.6) is 0 Å². The van der Waals surface area contributed by atoms with Crippen molar-refractivity contribution in [2.24, 2.45) is 0 Å². The Bertz CT molecular complexity index is 475. The summed E-state index contributed by atoms with van der Waals surface area (Å²) < 4.78 is 5.30. The van der Waals surface area contributed by atoms with Gasteiger partial charge in [0, 0.05) is 24.3 Å². The molecule has 0 saturated carbocycles. The van der Waals surface area contributed by atoms with E-state index in [-0.39, 0.29) is 6.04 Å². The van der Waals surface area contributed by atoms with Crippen LogP contribution in [0.4, 0.5) is 0 Å². The van der Waals surface area contributed by atoms with Gasteiger partial charge in [0.2, 0.25) is 0 Å². The molecule has 3 heteroatoms. The zero-order valence-corrected chi connectivity index (χ0v) is 12.6. The first kappa shape index (κ1) is 15.1. The first-order valence-electron chi connectivity index (χ1n) is 6.85. The highest BCUT2D eigenvalue weighted by atomic mass is 32.2. The van der Waals surface area contributed by atoms with Crippen LogP contribution in [0.1, 0.15) is 11.6 Å². The van der Waals surface area contributed by atoms with Crippen molar-refractivity contribution in [3.05, 3.63) is 66.2 Å². The van der Waals surface area contributed by atoms with Crippen molar-refractivity contribution in [2.75, 3.05) is 26.0 Å². The Kier molecular flexibility index (Phi) is 6.64. The number of methoxy groups -OCH3 is 1. The summed E-state index contributed by atoms with van der Waals surface area (Å²) >= 11 is 1.87. The highest BCUT2D eigenvalue weighted by molar-refractivity contribution is 7.99. The zero-order chi connectivity index (χ0) is 14.0. The molecule has 0 heterocycles. The van der Waals surface area contributed by atoms with Gasteiger partial charge < -0.3 is 10.1 Å². The van der Waals surface area contributed by atoms with Crippen LogP contribution in [-0.2, 0) is 4.74 Å². The summed E-state index contributed by atoms with van der Waals surface area (Å²) in [5, 5.41) is 3.56. The summed E-state index contributed by atoms with van der Waals surface area (Å²) in [5.41, 5.74) is 1.28. The topological polar surface area (TPSA) is 21.3 Å². The zero-order valence-electron chi connectivity index (χ0n) is 11.8. The lowest BCUT2D eigenvalue weighted by atomic mass is 10.1. The van der Waals surface area contributed by atoms with Gasteiger partial charge in [-0.05, 0) is 17.7 Å².